The second-order valence-corrected chi connectivity index (χ2v) is 11.3. The number of fused-ring (bicyclic) bond motifs is 1. The minimum Gasteiger partial charge on any atom is -0.492 e. The third-order valence-corrected chi connectivity index (χ3v) is 8.21. The molecule has 2 aliphatic rings. The highest BCUT2D eigenvalue weighted by atomic mass is 35.5. The second kappa shape index (κ2) is 9.93. The first-order valence-corrected chi connectivity index (χ1v) is 13.4. The maximum absolute atomic E-state index is 12.0. The molecule has 168 valence electrons. The predicted octanol–water partition coefficient (Wildman–Crippen LogP) is 5.35. The summed E-state index contributed by atoms with van der Waals surface area (Å²) in [7, 11) is -3.18. The molecule has 2 aromatic rings. The molecule has 2 unspecified atom stereocenters. The molecule has 6 heteroatoms. The van der Waals surface area contributed by atoms with Crippen molar-refractivity contribution in [3.05, 3.63) is 64.2 Å². The molecule has 0 spiro atoms. The summed E-state index contributed by atoms with van der Waals surface area (Å²) < 4.78 is 32.6. The molecule has 0 aliphatic heterocycles. The number of hydrogen-bond donors (Lipinski definition) is 1. The molecule has 0 saturated heterocycles. The van der Waals surface area contributed by atoms with E-state index >= 15 is 0 Å². The Bertz CT molecular complexity index is 1000. The van der Waals surface area contributed by atoms with Gasteiger partial charge < -0.3 is 4.74 Å². The van der Waals surface area contributed by atoms with Crippen LogP contribution < -0.4 is 9.46 Å². The van der Waals surface area contributed by atoms with Crippen LogP contribution in [-0.2, 0) is 22.9 Å². The van der Waals surface area contributed by atoms with E-state index < -0.39 is 10.0 Å². The maximum atomic E-state index is 12.0. The third-order valence-electron chi connectivity index (χ3n) is 6.42. The average molecular weight is 462 g/mol. The molecule has 0 aromatic heterocycles. The van der Waals surface area contributed by atoms with Gasteiger partial charge in [-0.15, -0.1) is 0 Å². The summed E-state index contributed by atoms with van der Waals surface area (Å²) in [5.41, 5.74) is 4.04. The van der Waals surface area contributed by atoms with E-state index in [4.69, 9.17) is 16.3 Å². The lowest BCUT2D eigenvalue weighted by molar-refractivity contribution is 0.322. The Morgan fingerprint density at radius 2 is 2.00 bits per heavy atom. The number of hydrogen-bond acceptors (Lipinski definition) is 3. The molecule has 4 nitrogen and oxygen atoms in total. The molecule has 2 aliphatic carbocycles. The zero-order valence-electron chi connectivity index (χ0n) is 18.1. The van der Waals surface area contributed by atoms with E-state index in [1.54, 1.807) is 0 Å². The van der Waals surface area contributed by atoms with E-state index in [9.17, 15) is 8.42 Å². The number of halogens is 1. The Labute approximate surface area is 191 Å². The molecule has 0 bridgehead atoms. The minimum atomic E-state index is -3.18. The van der Waals surface area contributed by atoms with Gasteiger partial charge in [-0.2, -0.15) is 0 Å². The van der Waals surface area contributed by atoms with Gasteiger partial charge >= 0.3 is 0 Å². The van der Waals surface area contributed by atoms with Gasteiger partial charge in [-0.1, -0.05) is 43.1 Å². The molecule has 0 heterocycles. The summed E-state index contributed by atoms with van der Waals surface area (Å²) in [5, 5.41) is 0.781. The monoisotopic (exact) mass is 461 g/mol. The van der Waals surface area contributed by atoms with Crippen molar-refractivity contribution in [3.8, 4) is 5.75 Å². The van der Waals surface area contributed by atoms with Gasteiger partial charge in [-0.3, -0.25) is 0 Å². The van der Waals surface area contributed by atoms with Gasteiger partial charge in [0.05, 0.1) is 5.75 Å². The molecule has 2 aromatic carbocycles. The van der Waals surface area contributed by atoms with Crippen LogP contribution in [0.2, 0.25) is 5.02 Å². The molecule has 1 fully saturated rings. The van der Waals surface area contributed by atoms with Crippen LogP contribution in [0.1, 0.15) is 55.2 Å². The van der Waals surface area contributed by atoms with Gasteiger partial charge in [-0.05, 0) is 90.8 Å². The Balaban J connectivity index is 1.40. The number of benzene rings is 2. The van der Waals surface area contributed by atoms with Crippen LogP contribution in [0.15, 0.2) is 42.5 Å². The minimum absolute atomic E-state index is 0.246. The molecule has 1 N–H and O–H groups in total. The van der Waals surface area contributed by atoms with E-state index in [1.165, 1.54) is 29.5 Å². The third kappa shape index (κ3) is 6.24. The highest BCUT2D eigenvalue weighted by Crippen LogP contribution is 2.43. The smallest absolute Gasteiger partial charge is 0.211 e. The van der Waals surface area contributed by atoms with Crippen LogP contribution in [0.25, 0.3) is 0 Å². The SMILES string of the molecule is CCCC1Cc2ccc(OCCNS(=O)(=O)CC3CC3)cc2C1Cc1cccc(Cl)c1. The van der Waals surface area contributed by atoms with Crippen molar-refractivity contribution in [2.24, 2.45) is 11.8 Å². The second-order valence-electron chi connectivity index (χ2n) is 9.02. The van der Waals surface area contributed by atoms with Crippen LogP contribution in [-0.4, -0.2) is 27.3 Å². The van der Waals surface area contributed by atoms with Crippen molar-refractivity contribution in [2.75, 3.05) is 18.9 Å². The molecule has 4 rings (SSSR count). The van der Waals surface area contributed by atoms with Gasteiger partial charge in [-0.25, -0.2) is 13.1 Å². The average Bonchev–Trinajstić information content (AvgIpc) is 3.47. The molecule has 0 radical (unpaired) electrons. The fraction of sp³-hybridized carbons (Fsp3) is 0.520. The molecular formula is C25H32ClNO3S. The van der Waals surface area contributed by atoms with E-state index in [0.29, 0.717) is 30.9 Å². The molecule has 2 atom stereocenters. The summed E-state index contributed by atoms with van der Waals surface area (Å²) in [6.07, 6.45) is 6.52. The summed E-state index contributed by atoms with van der Waals surface area (Å²) in [4.78, 5) is 0. The van der Waals surface area contributed by atoms with E-state index in [-0.39, 0.29) is 5.75 Å². The first-order valence-electron chi connectivity index (χ1n) is 11.4. The lowest BCUT2D eigenvalue weighted by Crippen LogP contribution is -2.30. The fourth-order valence-electron chi connectivity index (χ4n) is 4.76. The van der Waals surface area contributed by atoms with Crippen molar-refractivity contribution < 1.29 is 13.2 Å². The van der Waals surface area contributed by atoms with Gasteiger partial charge in [0.2, 0.25) is 10.0 Å². The summed E-state index contributed by atoms with van der Waals surface area (Å²) in [6, 6.07) is 14.5. The number of sulfonamides is 1. The van der Waals surface area contributed by atoms with Crippen LogP contribution >= 0.6 is 11.6 Å². The Morgan fingerprint density at radius 1 is 1.16 bits per heavy atom. The van der Waals surface area contributed by atoms with Gasteiger partial charge in [0.25, 0.3) is 0 Å². The van der Waals surface area contributed by atoms with Crippen molar-refractivity contribution in [1.29, 1.82) is 0 Å². The van der Waals surface area contributed by atoms with Crippen molar-refractivity contribution in [3.63, 3.8) is 0 Å². The standard InChI is InChI=1S/C25H32ClNO3S/c1-2-4-20-15-21-9-10-23(30-12-11-27-31(28,29)17-18-7-8-18)16-25(21)24(20)14-19-5-3-6-22(26)13-19/h3,5-6,9-10,13,16,18,20,24,27H,2,4,7-8,11-12,14-15,17H2,1H3. The molecule has 0 amide bonds. The van der Waals surface area contributed by atoms with Gasteiger partial charge in [0.15, 0.2) is 0 Å². The van der Waals surface area contributed by atoms with Crippen LogP contribution in [0.4, 0.5) is 0 Å². The van der Waals surface area contributed by atoms with Crippen LogP contribution in [0.3, 0.4) is 0 Å². The van der Waals surface area contributed by atoms with E-state index in [1.807, 2.05) is 18.2 Å². The van der Waals surface area contributed by atoms with Gasteiger partial charge in [0, 0.05) is 11.6 Å². The lowest BCUT2D eigenvalue weighted by Gasteiger charge is -2.21. The van der Waals surface area contributed by atoms with Crippen molar-refractivity contribution in [1.82, 2.24) is 4.72 Å². The highest BCUT2D eigenvalue weighted by molar-refractivity contribution is 7.89. The number of ether oxygens (including phenoxy) is 1. The molecule has 31 heavy (non-hydrogen) atoms. The van der Waals surface area contributed by atoms with E-state index in [2.05, 4.69) is 35.9 Å². The predicted molar refractivity (Wildman–Crippen MR) is 126 cm³/mol. The van der Waals surface area contributed by atoms with Gasteiger partial charge in [0.1, 0.15) is 12.4 Å². The van der Waals surface area contributed by atoms with Crippen LogP contribution in [0.5, 0.6) is 5.75 Å². The normalized spacial score (nSPS) is 20.6. The first-order chi connectivity index (χ1) is 14.9. The number of rotatable bonds is 11. The highest BCUT2D eigenvalue weighted by Gasteiger charge is 2.32. The summed E-state index contributed by atoms with van der Waals surface area (Å²) >= 11 is 6.22. The zero-order valence-corrected chi connectivity index (χ0v) is 19.7. The van der Waals surface area contributed by atoms with Crippen molar-refractivity contribution >= 4 is 21.6 Å². The van der Waals surface area contributed by atoms with Crippen LogP contribution in [0, 0.1) is 11.8 Å². The Morgan fingerprint density at radius 3 is 2.74 bits per heavy atom. The summed E-state index contributed by atoms with van der Waals surface area (Å²) in [6.45, 7) is 2.88. The largest absolute Gasteiger partial charge is 0.492 e. The quantitative estimate of drug-likeness (QED) is 0.459. The maximum Gasteiger partial charge on any atom is 0.211 e. The lowest BCUT2D eigenvalue weighted by atomic mass is 9.84. The zero-order chi connectivity index (χ0) is 21.8. The van der Waals surface area contributed by atoms with E-state index in [0.717, 1.165) is 36.5 Å². The fourth-order valence-corrected chi connectivity index (χ4v) is 6.44. The summed E-state index contributed by atoms with van der Waals surface area (Å²) in [5.74, 6) is 2.49. The first kappa shape index (κ1) is 22.6. The Kier molecular flexibility index (Phi) is 7.25. The Hall–Kier alpha value is -1.56. The number of nitrogens with one attached hydrogen (secondary N) is 1. The molecule has 1 saturated carbocycles. The molecular weight excluding hydrogens is 430 g/mol. The van der Waals surface area contributed by atoms with Crippen molar-refractivity contribution in [2.45, 2.75) is 51.4 Å². The topological polar surface area (TPSA) is 55.4 Å².